The van der Waals surface area contributed by atoms with Crippen LogP contribution in [0.1, 0.15) is 16.7 Å². The molecule has 25 heavy (non-hydrogen) atoms. The average molecular weight is 354 g/mol. The van der Waals surface area contributed by atoms with Crippen molar-refractivity contribution in [3.05, 3.63) is 52.4 Å². The number of piperazine rings is 1. The molecule has 1 fully saturated rings. The molecular weight excluding hydrogens is 332 g/mol. The Morgan fingerprint density at radius 2 is 1.92 bits per heavy atom. The maximum absolute atomic E-state index is 12.2. The molecule has 0 bridgehead atoms. The number of carbonyl (C=O) groups is 1. The standard InChI is InChI=1S/C19H22N4OS/c1-15-4-2-3-5-17(15)13-22-7-9-23(10-8-22)14-18(24)21-19-16(12-20)6-11-25-19/h2-6,11H,7-10,13-14H2,1H3,(H,21,24). The zero-order valence-electron chi connectivity index (χ0n) is 14.4. The molecule has 1 aliphatic heterocycles. The summed E-state index contributed by atoms with van der Waals surface area (Å²) in [5.41, 5.74) is 3.23. The van der Waals surface area contributed by atoms with Crippen LogP contribution in [-0.4, -0.2) is 48.4 Å². The van der Waals surface area contributed by atoms with Crippen molar-refractivity contribution < 1.29 is 4.79 Å². The van der Waals surface area contributed by atoms with Gasteiger partial charge in [-0.3, -0.25) is 14.6 Å². The van der Waals surface area contributed by atoms with Gasteiger partial charge in [0.15, 0.2) is 0 Å². The van der Waals surface area contributed by atoms with Gasteiger partial charge in [0.1, 0.15) is 11.1 Å². The molecule has 1 N–H and O–H groups in total. The van der Waals surface area contributed by atoms with Crippen molar-refractivity contribution >= 4 is 22.2 Å². The Balaban J connectivity index is 1.45. The van der Waals surface area contributed by atoms with Crippen LogP contribution >= 0.6 is 11.3 Å². The molecule has 1 aromatic carbocycles. The number of hydrogen-bond acceptors (Lipinski definition) is 5. The molecule has 0 unspecified atom stereocenters. The number of carbonyl (C=O) groups excluding carboxylic acids is 1. The Bertz CT molecular complexity index is 772. The summed E-state index contributed by atoms with van der Waals surface area (Å²) < 4.78 is 0. The Morgan fingerprint density at radius 3 is 2.64 bits per heavy atom. The van der Waals surface area contributed by atoms with Crippen molar-refractivity contribution in [1.82, 2.24) is 9.80 Å². The highest BCUT2D eigenvalue weighted by molar-refractivity contribution is 7.14. The van der Waals surface area contributed by atoms with Gasteiger partial charge in [-0.25, -0.2) is 0 Å². The van der Waals surface area contributed by atoms with Crippen LogP contribution in [0.15, 0.2) is 35.7 Å². The summed E-state index contributed by atoms with van der Waals surface area (Å²) in [6.07, 6.45) is 0. The Kier molecular flexibility index (Phi) is 5.82. The summed E-state index contributed by atoms with van der Waals surface area (Å²) in [4.78, 5) is 16.8. The second kappa shape index (κ2) is 8.26. The lowest BCUT2D eigenvalue weighted by molar-refractivity contribution is -0.117. The van der Waals surface area contributed by atoms with E-state index < -0.39 is 0 Å². The molecule has 2 aromatic rings. The van der Waals surface area contributed by atoms with Crippen LogP contribution in [0, 0.1) is 18.3 Å². The van der Waals surface area contributed by atoms with Crippen LogP contribution in [0.25, 0.3) is 0 Å². The van der Waals surface area contributed by atoms with Crippen molar-refractivity contribution in [2.45, 2.75) is 13.5 Å². The highest BCUT2D eigenvalue weighted by Gasteiger charge is 2.20. The third-order valence-electron chi connectivity index (χ3n) is 4.53. The summed E-state index contributed by atoms with van der Waals surface area (Å²) in [5.74, 6) is -0.0497. The molecule has 0 aliphatic carbocycles. The SMILES string of the molecule is Cc1ccccc1CN1CCN(CC(=O)Nc2sccc2C#N)CC1. The summed E-state index contributed by atoms with van der Waals surface area (Å²) >= 11 is 1.39. The Morgan fingerprint density at radius 1 is 1.20 bits per heavy atom. The first kappa shape index (κ1) is 17.6. The highest BCUT2D eigenvalue weighted by atomic mass is 32.1. The third kappa shape index (κ3) is 4.67. The van der Waals surface area contributed by atoms with E-state index in [0.717, 1.165) is 32.7 Å². The van der Waals surface area contributed by atoms with Gasteiger partial charge in [0.25, 0.3) is 0 Å². The van der Waals surface area contributed by atoms with Gasteiger partial charge >= 0.3 is 0 Å². The number of nitriles is 1. The monoisotopic (exact) mass is 354 g/mol. The van der Waals surface area contributed by atoms with Crippen molar-refractivity contribution in [2.75, 3.05) is 38.0 Å². The zero-order chi connectivity index (χ0) is 17.6. The predicted octanol–water partition coefficient (Wildman–Crippen LogP) is 2.68. The number of amides is 1. The lowest BCUT2D eigenvalue weighted by atomic mass is 10.1. The van der Waals surface area contributed by atoms with E-state index in [2.05, 4.69) is 52.4 Å². The third-order valence-corrected chi connectivity index (χ3v) is 5.36. The molecule has 5 nitrogen and oxygen atoms in total. The number of thiophene rings is 1. The second-order valence-corrected chi connectivity index (χ2v) is 7.22. The first-order chi connectivity index (χ1) is 12.2. The van der Waals surface area contributed by atoms with Gasteiger partial charge in [0.2, 0.25) is 5.91 Å². The Hall–Kier alpha value is -2.20. The minimum atomic E-state index is -0.0497. The molecule has 3 rings (SSSR count). The summed E-state index contributed by atoms with van der Waals surface area (Å²) in [7, 11) is 0. The van der Waals surface area contributed by atoms with Gasteiger partial charge in [-0.2, -0.15) is 5.26 Å². The fraction of sp³-hybridized carbons (Fsp3) is 0.368. The summed E-state index contributed by atoms with van der Waals surface area (Å²) in [6.45, 7) is 7.18. The van der Waals surface area contributed by atoms with Crippen LogP contribution in [0.3, 0.4) is 0 Å². The summed E-state index contributed by atoms with van der Waals surface area (Å²) in [5, 5.41) is 14.3. The van der Waals surface area contributed by atoms with Crippen LogP contribution in [-0.2, 0) is 11.3 Å². The first-order valence-electron chi connectivity index (χ1n) is 8.42. The van der Waals surface area contributed by atoms with E-state index in [1.54, 1.807) is 6.07 Å². The first-order valence-corrected chi connectivity index (χ1v) is 9.30. The van der Waals surface area contributed by atoms with Crippen molar-refractivity contribution in [3.63, 3.8) is 0 Å². The van der Waals surface area contributed by atoms with Gasteiger partial charge in [0, 0.05) is 32.7 Å². The lowest BCUT2D eigenvalue weighted by Gasteiger charge is -2.34. The molecule has 0 radical (unpaired) electrons. The van der Waals surface area contributed by atoms with Crippen molar-refractivity contribution in [3.8, 4) is 6.07 Å². The highest BCUT2D eigenvalue weighted by Crippen LogP contribution is 2.22. The number of aryl methyl sites for hydroxylation is 1. The molecule has 1 amide bonds. The number of nitrogens with zero attached hydrogens (tertiary/aromatic N) is 3. The molecule has 0 spiro atoms. The molecule has 0 saturated carbocycles. The van der Waals surface area contributed by atoms with Gasteiger partial charge < -0.3 is 5.32 Å². The minimum absolute atomic E-state index is 0.0497. The second-order valence-electron chi connectivity index (χ2n) is 6.30. The lowest BCUT2D eigenvalue weighted by Crippen LogP contribution is -2.48. The van der Waals surface area contributed by atoms with E-state index in [1.807, 2.05) is 5.38 Å². The van der Waals surface area contributed by atoms with E-state index in [1.165, 1.54) is 22.5 Å². The van der Waals surface area contributed by atoms with E-state index in [-0.39, 0.29) is 5.91 Å². The number of nitrogens with one attached hydrogen (secondary N) is 1. The maximum atomic E-state index is 12.2. The molecule has 2 heterocycles. The van der Waals surface area contributed by atoms with E-state index in [0.29, 0.717) is 17.1 Å². The number of benzene rings is 1. The fourth-order valence-corrected chi connectivity index (χ4v) is 3.75. The smallest absolute Gasteiger partial charge is 0.239 e. The Labute approximate surface area is 152 Å². The van der Waals surface area contributed by atoms with Crippen LogP contribution in [0.5, 0.6) is 0 Å². The van der Waals surface area contributed by atoms with Crippen molar-refractivity contribution in [1.29, 1.82) is 5.26 Å². The summed E-state index contributed by atoms with van der Waals surface area (Å²) in [6, 6.07) is 12.3. The maximum Gasteiger partial charge on any atom is 0.239 e. The molecule has 0 atom stereocenters. The molecule has 1 aliphatic rings. The van der Waals surface area contributed by atoms with Gasteiger partial charge in [-0.05, 0) is 29.5 Å². The molecular formula is C19H22N4OS. The topological polar surface area (TPSA) is 59.4 Å². The van der Waals surface area contributed by atoms with Gasteiger partial charge in [-0.1, -0.05) is 24.3 Å². The van der Waals surface area contributed by atoms with Crippen LogP contribution in [0.4, 0.5) is 5.00 Å². The fourth-order valence-electron chi connectivity index (χ4n) is 3.00. The van der Waals surface area contributed by atoms with Crippen LogP contribution < -0.4 is 5.32 Å². The van der Waals surface area contributed by atoms with E-state index >= 15 is 0 Å². The molecule has 130 valence electrons. The number of anilines is 1. The largest absolute Gasteiger partial charge is 0.315 e. The van der Waals surface area contributed by atoms with E-state index in [9.17, 15) is 4.79 Å². The van der Waals surface area contributed by atoms with E-state index in [4.69, 9.17) is 5.26 Å². The molecule has 1 saturated heterocycles. The van der Waals surface area contributed by atoms with Crippen molar-refractivity contribution in [2.24, 2.45) is 0 Å². The quantitative estimate of drug-likeness (QED) is 0.897. The molecule has 6 heteroatoms. The van der Waals surface area contributed by atoms with Gasteiger partial charge in [0.05, 0.1) is 12.1 Å². The van der Waals surface area contributed by atoms with Crippen LogP contribution in [0.2, 0.25) is 0 Å². The zero-order valence-corrected chi connectivity index (χ0v) is 15.2. The normalized spacial score (nSPS) is 15.7. The number of rotatable bonds is 5. The van der Waals surface area contributed by atoms with Gasteiger partial charge in [-0.15, -0.1) is 11.3 Å². The molecule has 1 aromatic heterocycles. The predicted molar refractivity (Wildman–Crippen MR) is 101 cm³/mol. The minimum Gasteiger partial charge on any atom is -0.315 e. The number of hydrogen-bond donors (Lipinski definition) is 1. The average Bonchev–Trinajstić information content (AvgIpc) is 3.05.